The van der Waals surface area contributed by atoms with Gasteiger partial charge in [-0.05, 0) is 19.4 Å². The summed E-state index contributed by atoms with van der Waals surface area (Å²) in [6.07, 6.45) is 6.28. The summed E-state index contributed by atoms with van der Waals surface area (Å²) in [6, 6.07) is 0.168. The van der Waals surface area contributed by atoms with Crippen LogP contribution in [-0.2, 0) is 6.54 Å². The van der Waals surface area contributed by atoms with E-state index in [2.05, 4.69) is 40.8 Å². The smallest absolute Gasteiger partial charge is 0.0795 e. The summed E-state index contributed by atoms with van der Waals surface area (Å²) in [5, 5.41) is 10.0. The molecule has 0 spiro atoms. The number of rotatable bonds is 7. The number of thiazole rings is 1. The van der Waals surface area contributed by atoms with Gasteiger partial charge in [0, 0.05) is 23.7 Å². The molecule has 0 saturated heterocycles. The second-order valence-electron chi connectivity index (χ2n) is 4.34. The minimum absolute atomic E-state index is 0.168. The minimum Gasteiger partial charge on any atom is -0.305 e. The lowest BCUT2D eigenvalue weighted by atomic mass is 10.1. The van der Waals surface area contributed by atoms with Gasteiger partial charge in [0.1, 0.15) is 0 Å². The van der Waals surface area contributed by atoms with E-state index in [0.29, 0.717) is 0 Å². The Morgan fingerprint density at radius 1 is 1.39 bits per heavy atom. The topological polar surface area (TPSA) is 42.7 Å². The fourth-order valence-corrected chi connectivity index (χ4v) is 2.51. The molecule has 1 N–H and O–H groups in total. The highest BCUT2D eigenvalue weighted by Gasteiger charge is 2.16. The number of nitrogens with zero attached hydrogens (tertiary/aromatic N) is 3. The number of nitrogens with one attached hydrogen (secondary N) is 1. The number of aryl methyl sites for hydroxylation is 1. The maximum absolute atomic E-state index is 4.42. The van der Waals surface area contributed by atoms with Crippen molar-refractivity contribution in [1.82, 2.24) is 20.1 Å². The molecule has 5 heteroatoms. The molecule has 98 valence electrons. The molecule has 0 aromatic carbocycles. The third kappa shape index (κ3) is 3.17. The first-order valence-corrected chi connectivity index (χ1v) is 7.43. The van der Waals surface area contributed by atoms with E-state index in [-0.39, 0.29) is 6.04 Å². The Morgan fingerprint density at radius 3 is 2.94 bits per heavy atom. The molecule has 2 aromatic heterocycles. The third-order valence-corrected chi connectivity index (χ3v) is 3.39. The van der Waals surface area contributed by atoms with Gasteiger partial charge in [0.25, 0.3) is 0 Å². The van der Waals surface area contributed by atoms with Crippen molar-refractivity contribution >= 4 is 11.3 Å². The van der Waals surface area contributed by atoms with Gasteiger partial charge >= 0.3 is 0 Å². The Hall–Kier alpha value is -1.20. The monoisotopic (exact) mass is 264 g/mol. The average molecular weight is 264 g/mol. The van der Waals surface area contributed by atoms with Gasteiger partial charge in [-0.1, -0.05) is 13.8 Å². The molecule has 0 aliphatic heterocycles. The molecule has 4 nitrogen and oxygen atoms in total. The van der Waals surface area contributed by atoms with Gasteiger partial charge in [-0.25, -0.2) is 4.98 Å². The summed E-state index contributed by atoms with van der Waals surface area (Å²) in [6.45, 7) is 6.29. The van der Waals surface area contributed by atoms with Crippen molar-refractivity contribution in [2.75, 3.05) is 6.54 Å². The van der Waals surface area contributed by atoms with E-state index in [1.165, 1.54) is 5.56 Å². The van der Waals surface area contributed by atoms with Crippen molar-refractivity contribution in [3.8, 4) is 0 Å². The van der Waals surface area contributed by atoms with Crippen molar-refractivity contribution in [2.24, 2.45) is 0 Å². The minimum atomic E-state index is 0.168. The molecule has 18 heavy (non-hydrogen) atoms. The highest BCUT2D eigenvalue weighted by Crippen LogP contribution is 2.21. The largest absolute Gasteiger partial charge is 0.305 e. The van der Waals surface area contributed by atoms with Crippen LogP contribution in [0.3, 0.4) is 0 Å². The van der Waals surface area contributed by atoms with Gasteiger partial charge in [-0.3, -0.25) is 4.68 Å². The summed E-state index contributed by atoms with van der Waals surface area (Å²) in [4.78, 5) is 4.42. The van der Waals surface area contributed by atoms with Crippen LogP contribution in [0.25, 0.3) is 0 Å². The van der Waals surface area contributed by atoms with Crippen LogP contribution in [-0.4, -0.2) is 21.3 Å². The molecule has 0 amide bonds. The zero-order valence-electron chi connectivity index (χ0n) is 11.0. The van der Waals surface area contributed by atoms with Gasteiger partial charge in [0.05, 0.1) is 23.4 Å². The molecule has 2 rings (SSSR count). The van der Waals surface area contributed by atoms with E-state index in [9.17, 15) is 0 Å². The van der Waals surface area contributed by atoms with Crippen LogP contribution < -0.4 is 5.32 Å². The molecule has 0 radical (unpaired) electrons. The average Bonchev–Trinajstić information content (AvgIpc) is 3.02. The summed E-state index contributed by atoms with van der Waals surface area (Å²) in [7, 11) is 0. The fraction of sp³-hybridized carbons (Fsp3) is 0.538. The second kappa shape index (κ2) is 6.66. The zero-order valence-corrected chi connectivity index (χ0v) is 11.8. The Balaban J connectivity index is 2.16. The van der Waals surface area contributed by atoms with Crippen LogP contribution in [0, 0.1) is 0 Å². The van der Waals surface area contributed by atoms with Crippen LogP contribution in [0.1, 0.15) is 44.0 Å². The van der Waals surface area contributed by atoms with Crippen molar-refractivity contribution < 1.29 is 0 Å². The third-order valence-electron chi connectivity index (χ3n) is 2.78. The molecule has 0 bridgehead atoms. The fourth-order valence-electron chi connectivity index (χ4n) is 1.93. The highest BCUT2D eigenvalue weighted by atomic mass is 32.1. The molecule has 0 aliphatic carbocycles. The summed E-state index contributed by atoms with van der Waals surface area (Å²) < 4.78 is 2.00. The van der Waals surface area contributed by atoms with Crippen LogP contribution in [0.15, 0.2) is 23.3 Å². The van der Waals surface area contributed by atoms with E-state index in [0.717, 1.165) is 31.6 Å². The van der Waals surface area contributed by atoms with Crippen LogP contribution in [0.5, 0.6) is 0 Å². The first-order valence-electron chi connectivity index (χ1n) is 6.49. The predicted molar refractivity (Wildman–Crippen MR) is 74.8 cm³/mol. The lowest BCUT2D eigenvalue weighted by molar-refractivity contribution is 0.582. The maximum atomic E-state index is 4.42. The van der Waals surface area contributed by atoms with E-state index in [4.69, 9.17) is 0 Å². The van der Waals surface area contributed by atoms with Crippen molar-refractivity contribution in [3.05, 3.63) is 34.5 Å². The Labute approximate surface area is 112 Å². The van der Waals surface area contributed by atoms with Gasteiger partial charge in [-0.15, -0.1) is 11.3 Å². The summed E-state index contributed by atoms with van der Waals surface area (Å²) in [5.74, 6) is 0. The lowest BCUT2D eigenvalue weighted by Gasteiger charge is -2.14. The van der Waals surface area contributed by atoms with Crippen molar-refractivity contribution in [2.45, 2.75) is 39.3 Å². The SMILES string of the molecule is CCCNC(c1cnn(CCC)c1)c1cscn1. The Kier molecular flexibility index (Phi) is 4.90. The van der Waals surface area contributed by atoms with Crippen molar-refractivity contribution in [3.63, 3.8) is 0 Å². The molecule has 2 aromatic rings. The van der Waals surface area contributed by atoms with E-state index < -0.39 is 0 Å². The standard InChI is InChI=1S/C13H20N4S/c1-3-5-14-13(12-9-18-10-15-12)11-7-16-17(8-11)6-4-2/h7-10,13-14H,3-6H2,1-2H3. The van der Waals surface area contributed by atoms with E-state index >= 15 is 0 Å². The van der Waals surface area contributed by atoms with E-state index in [1.54, 1.807) is 11.3 Å². The van der Waals surface area contributed by atoms with E-state index in [1.807, 2.05) is 16.4 Å². The molecule has 2 heterocycles. The number of hydrogen-bond acceptors (Lipinski definition) is 4. The van der Waals surface area contributed by atoms with Gasteiger partial charge in [0.2, 0.25) is 0 Å². The zero-order chi connectivity index (χ0) is 12.8. The first-order chi connectivity index (χ1) is 8.85. The maximum Gasteiger partial charge on any atom is 0.0795 e. The highest BCUT2D eigenvalue weighted by molar-refractivity contribution is 7.07. The Bertz CT molecular complexity index is 449. The van der Waals surface area contributed by atoms with Crippen LogP contribution in [0.4, 0.5) is 0 Å². The summed E-state index contributed by atoms with van der Waals surface area (Å²) in [5.41, 5.74) is 4.17. The molecule has 0 fully saturated rings. The van der Waals surface area contributed by atoms with Crippen molar-refractivity contribution in [1.29, 1.82) is 0 Å². The number of aromatic nitrogens is 3. The van der Waals surface area contributed by atoms with Gasteiger partial charge in [0.15, 0.2) is 0 Å². The normalized spacial score (nSPS) is 12.8. The molecule has 1 unspecified atom stereocenters. The lowest BCUT2D eigenvalue weighted by Crippen LogP contribution is -2.23. The van der Waals surface area contributed by atoms with Gasteiger partial charge < -0.3 is 5.32 Å². The number of hydrogen-bond donors (Lipinski definition) is 1. The second-order valence-corrected chi connectivity index (χ2v) is 5.06. The predicted octanol–water partition coefficient (Wildman–Crippen LogP) is 2.84. The van der Waals surface area contributed by atoms with Gasteiger partial charge in [-0.2, -0.15) is 5.10 Å². The molecule has 0 saturated carbocycles. The Morgan fingerprint density at radius 2 is 2.28 bits per heavy atom. The van der Waals surface area contributed by atoms with Crippen LogP contribution in [0.2, 0.25) is 0 Å². The molecule has 0 aliphatic rings. The molecular formula is C13H20N4S. The molecule has 1 atom stereocenters. The summed E-state index contributed by atoms with van der Waals surface area (Å²) >= 11 is 1.63. The quantitative estimate of drug-likeness (QED) is 0.836. The van der Waals surface area contributed by atoms with Crippen LogP contribution >= 0.6 is 11.3 Å². The first kappa shape index (κ1) is 13.2. The molecular weight excluding hydrogens is 244 g/mol.